The van der Waals surface area contributed by atoms with Crippen molar-refractivity contribution in [2.45, 2.75) is 13.8 Å². The molecule has 0 fully saturated rings. The zero-order valence-electron chi connectivity index (χ0n) is 16.5. The van der Waals surface area contributed by atoms with Crippen LogP contribution in [0, 0.1) is 0 Å². The fraction of sp³-hybridized carbons (Fsp3) is 0.0909. The number of hydrogen-bond acceptors (Lipinski definition) is 6. The molecule has 0 atom stereocenters. The first-order valence-electron chi connectivity index (χ1n) is 9.14. The van der Waals surface area contributed by atoms with Crippen molar-refractivity contribution in [2.75, 3.05) is 0 Å². The highest BCUT2D eigenvalue weighted by Crippen LogP contribution is 2.07. The molecule has 8 nitrogen and oxygen atoms in total. The van der Waals surface area contributed by atoms with Gasteiger partial charge >= 0.3 is 0 Å². The number of carbonyl (C=O) groups excluding carboxylic acids is 2. The van der Waals surface area contributed by atoms with Crippen LogP contribution in [0.4, 0.5) is 0 Å². The molecule has 2 heterocycles. The minimum Gasteiger partial charge on any atom is -0.267 e. The Bertz CT molecular complexity index is 989. The van der Waals surface area contributed by atoms with Crippen molar-refractivity contribution in [3.05, 3.63) is 95.6 Å². The molecule has 0 saturated carbocycles. The van der Waals surface area contributed by atoms with Crippen molar-refractivity contribution in [3.63, 3.8) is 0 Å². The zero-order chi connectivity index (χ0) is 21.3. The Balaban J connectivity index is 1.62. The van der Waals surface area contributed by atoms with Gasteiger partial charge in [-0.1, -0.05) is 24.3 Å². The molecule has 30 heavy (non-hydrogen) atoms. The van der Waals surface area contributed by atoms with E-state index >= 15 is 0 Å². The van der Waals surface area contributed by atoms with E-state index in [4.69, 9.17) is 0 Å². The highest BCUT2D eigenvalue weighted by Gasteiger charge is 2.06. The van der Waals surface area contributed by atoms with E-state index in [0.29, 0.717) is 22.6 Å². The van der Waals surface area contributed by atoms with Crippen LogP contribution in [0.3, 0.4) is 0 Å². The Morgan fingerprint density at radius 3 is 1.27 bits per heavy atom. The van der Waals surface area contributed by atoms with Crippen molar-refractivity contribution in [2.24, 2.45) is 10.2 Å². The average Bonchev–Trinajstić information content (AvgIpc) is 2.81. The number of aromatic nitrogens is 2. The summed E-state index contributed by atoms with van der Waals surface area (Å²) in [6.07, 6.45) is 6.20. The van der Waals surface area contributed by atoms with E-state index in [9.17, 15) is 9.59 Å². The average molecular weight is 400 g/mol. The minimum atomic E-state index is -0.304. The lowest BCUT2D eigenvalue weighted by atomic mass is 10.1. The summed E-state index contributed by atoms with van der Waals surface area (Å²) < 4.78 is 0. The molecule has 0 spiro atoms. The summed E-state index contributed by atoms with van der Waals surface area (Å²) in [6, 6.07) is 13.9. The van der Waals surface area contributed by atoms with Gasteiger partial charge in [0.1, 0.15) is 0 Å². The lowest BCUT2D eigenvalue weighted by Gasteiger charge is -2.06. The molecule has 3 rings (SSSR count). The number of rotatable bonds is 6. The van der Waals surface area contributed by atoms with Gasteiger partial charge in [0.15, 0.2) is 0 Å². The summed E-state index contributed by atoms with van der Waals surface area (Å²) in [5, 5.41) is 8.29. The summed E-state index contributed by atoms with van der Waals surface area (Å²) in [7, 11) is 0. The predicted molar refractivity (Wildman–Crippen MR) is 114 cm³/mol. The maximum Gasteiger partial charge on any atom is 0.271 e. The highest BCUT2D eigenvalue weighted by atomic mass is 16.2. The van der Waals surface area contributed by atoms with E-state index in [0.717, 1.165) is 11.1 Å². The van der Waals surface area contributed by atoms with Gasteiger partial charge in [0, 0.05) is 35.9 Å². The molecule has 2 N–H and O–H groups in total. The maximum atomic E-state index is 12.1. The normalized spacial score (nSPS) is 11.7. The third kappa shape index (κ3) is 5.41. The molecule has 2 amide bonds. The molecule has 0 unspecified atom stereocenters. The summed E-state index contributed by atoms with van der Waals surface area (Å²) >= 11 is 0. The molecule has 3 aromatic rings. The van der Waals surface area contributed by atoms with Gasteiger partial charge in [-0.25, -0.2) is 10.9 Å². The van der Waals surface area contributed by atoms with Gasteiger partial charge in [-0.15, -0.1) is 0 Å². The van der Waals surface area contributed by atoms with Gasteiger partial charge in [0.2, 0.25) is 0 Å². The van der Waals surface area contributed by atoms with Crippen LogP contribution >= 0.6 is 0 Å². The van der Waals surface area contributed by atoms with E-state index in [1.54, 1.807) is 62.9 Å². The molecule has 0 aliphatic rings. The Hall–Kier alpha value is -4.20. The van der Waals surface area contributed by atoms with E-state index < -0.39 is 0 Å². The maximum absolute atomic E-state index is 12.1. The van der Waals surface area contributed by atoms with E-state index in [2.05, 4.69) is 31.0 Å². The molecule has 0 aliphatic carbocycles. The Morgan fingerprint density at radius 2 is 0.933 bits per heavy atom. The molecule has 0 bridgehead atoms. The summed E-state index contributed by atoms with van der Waals surface area (Å²) in [5.74, 6) is -0.609. The fourth-order valence-corrected chi connectivity index (χ4v) is 2.49. The second kappa shape index (κ2) is 9.83. The number of hydrazone groups is 2. The largest absolute Gasteiger partial charge is 0.271 e. The molecule has 0 saturated heterocycles. The Labute approximate surface area is 173 Å². The van der Waals surface area contributed by atoms with Crippen molar-refractivity contribution < 1.29 is 9.59 Å². The third-order valence-corrected chi connectivity index (χ3v) is 4.26. The van der Waals surface area contributed by atoms with Crippen molar-refractivity contribution in [1.29, 1.82) is 0 Å². The van der Waals surface area contributed by atoms with Crippen molar-refractivity contribution in [1.82, 2.24) is 20.8 Å². The van der Waals surface area contributed by atoms with Crippen LogP contribution < -0.4 is 10.9 Å². The summed E-state index contributed by atoms with van der Waals surface area (Å²) in [6.45, 7) is 3.61. The van der Waals surface area contributed by atoms with E-state index in [1.807, 2.05) is 24.3 Å². The quantitative estimate of drug-likeness (QED) is 0.490. The molecule has 8 heteroatoms. The molecular weight excluding hydrogens is 380 g/mol. The summed E-state index contributed by atoms with van der Waals surface area (Å²) in [4.78, 5) is 31.9. The minimum absolute atomic E-state index is 0.304. The number of nitrogens with one attached hydrogen (secondary N) is 2. The van der Waals surface area contributed by atoms with Gasteiger partial charge in [0.05, 0.1) is 11.4 Å². The van der Waals surface area contributed by atoms with Crippen LogP contribution in [0.25, 0.3) is 0 Å². The van der Waals surface area contributed by atoms with Crippen LogP contribution in [-0.2, 0) is 0 Å². The van der Waals surface area contributed by atoms with Crippen molar-refractivity contribution in [3.8, 4) is 0 Å². The van der Waals surface area contributed by atoms with Gasteiger partial charge in [0.25, 0.3) is 11.8 Å². The van der Waals surface area contributed by atoms with Gasteiger partial charge < -0.3 is 0 Å². The van der Waals surface area contributed by atoms with Gasteiger partial charge in [-0.3, -0.25) is 19.6 Å². The molecule has 1 aromatic carbocycles. The topological polar surface area (TPSA) is 109 Å². The third-order valence-electron chi connectivity index (χ3n) is 4.26. The molecule has 0 radical (unpaired) electrons. The monoisotopic (exact) mass is 400 g/mol. The van der Waals surface area contributed by atoms with Crippen molar-refractivity contribution >= 4 is 23.2 Å². The molecule has 2 aromatic heterocycles. The predicted octanol–water partition coefficient (Wildman–Crippen LogP) is 2.78. The zero-order valence-corrected chi connectivity index (χ0v) is 16.5. The highest BCUT2D eigenvalue weighted by molar-refractivity contribution is 6.03. The first-order chi connectivity index (χ1) is 14.5. The second-order valence-corrected chi connectivity index (χ2v) is 6.33. The standard InChI is InChI=1S/C22H20N6O2/c1-15(25-27-21(29)19-7-11-23-12-8-19)17-3-5-18(6-4-17)16(2)26-28-22(30)20-9-13-24-14-10-20/h3-14H,1-2H3,(H,27,29)(H,28,30)/b25-15+,26-16+. The molecule has 150 valence electrons. The van der Waals surface area contributed by atoms with E-state index in [1.165, 1.54) is 0 Å². The van der Waals surface area contributed by atoms with Crippen LogP contribution in [0.1, 0.15) is 45.7 Å². The van der Waals surface area contributed by atoms with Crippen LogP contribution in [0.5, 0.6) is 0 Å². The number of benzene rings is 1. The number of nitrogens with zero attached hydrogens (tertiary/aromatic N) is 4. The SMILES string of the molecule is C/C(=N\NC(=O)c1ccncc1)c1ccc(/C(C)=N/NC(=O)c2ccncc2)cc1. The lowest BCUT2D eigenvalue weighted by Crippen LogP contribution is -2.19. The first kappa shape index (κ1) is 20.5. The van der Waals surface area contributed by atoms with Gasteiger partial charge in [-0.2, -0.15) is 10.2 Å². The number of pyridine rings is 2. The summed E-state index contributed by atoms with van der Waals surface area (Å²) in [5.41, 5.74) is 9.04. The lowest BCUT2D eigenvalue weighted by molar-refractivity contribution is 0.0946. The number of amides is 2. The second-order valence-electron chi connectivity index (χ2n) is 6.33. The number of hydrogen-bond donors (Lipinski definition) is 2. The molecule has 0 aliphatic heterocycles. The Morgan fingerprint density at radius 1 is 0.600 bits per heavy atom. The fourth-order valence-electron chi connectivity index (χ4n) is 2.49. The number of carbonyl (C=O) groups is 2. The van der Waals surface area contributed by atoms with Crippen LogP contribution in [0.2, 0.25) is 0 Å². The smallest absolute Gasteiger partial charge is 0.267 e. The van der Waals surface area contributed by atoms with Crippen LogP contribution in [0.15, 0.2) is 83.5 Å². The van der Waals surface area contributed by atoms with Crippen LogP contribution in [-0.4, -0.2) is 33.2 Å². The van der Waals surface area contributed by atoms with E-state index in [-0.39, 0.29) is 11.8 Å². The Kier molecular flexibility index (Phi) is 6.73. The molecular formula is C22H20N6O2. The van der Waals surface area contributed by atoms with Gasteiger partial charge in [-0.05, 0) is 49.2 Å². The first-order valence-corrected chi connectivity index (χ1v) is 9.14.